The van der Waals surface area contributed by atoms with Crippen molar-refractivity contribution in [3.05, 3.63) is 42.5 Å². The maximum Gasteiger partial charge on any atom is 0.339 e. The van der Waals surface area contributed by atoms with Crippen molar-refractivity contribution in [1.82, 2.24) is 4.98 Å². The minimum absolute atomic E-state index is 0.0122. The fourth-order valence-corrected chi connectivity index (χ4v) is 4.48. The standard InChI is InChI=1S/C21H25N3O5S2/c1-4-5-19(25)24-20-23-17-11-8-15(12-18(17)30-20)29-31(27,28)16-9-6-14(7-10-16)22-13-21(2,3)26/h6-12,22,26H,4-5,13H2,1-3H3,(H,23,24,25). The molecule has 0 aliphatic heterocycles. The van der Waals surface area contributed by atoms with Gasteiger partial charge in [-0.15, -0.1) is 0 Å². The minimum atomic E-state index is -4.02. The zero-order chi connectivity index (χ0) is 22.6. The van der Waals surface area contributed by atoms with Crippen LogP contribution in [0.5, 0.6) is 5.75 Å². The number of carbonyl (C=O) groups excluding carboxylic acids is 1. The molecule has 31 heavy (non-hydrogen) atoms. The van der Waals surface area contributed by atoms with Crippen LogP contribution in [0.15, 0.2) is 47.4 Å². The predicted octanol–water partition coefficient (Wildman–Crippen LogP) is 3.99. The van der Waals surface area contributed by atoms with Gasteiger partial charge in [-0.05, 0) is 56.7 Å². The lowest BCUT2D eigenvalue weighted by atomic mass is 10.1. The summed E-state index contributed by atoms with van der Waals surface area (Å²) >= 11 is 1.25. The molecule has 0 spiro atoms. The summed E-state index contributed by atoms with van der Waals surface area (Å²) < 4.78 is 31.3. The topological polar surface area (TPSA) is 118 Å². The van der Waals surface area contributed by atoms with Crippen LogP contribution in [0.25, 0.3) is 10.2 Å². The van der Waals surface area contributed by atoms with Gasteiger partial charge in [0.1, 0.15) is 10.6 Å². The fraction of sp³-hybridized carbons (Fsp3) is 0.333. The van der Waals surface area contributed by atoms with Crippen LogP contribution in [0.3, 0.4) is 0 Å². The Kier molecular flexibility index (Phi) is 6.83. The number of anilines is 2. The lowest BCUT2D eigenvalue weighted by Gasteiger charge is -2.18. The maximum absolute atomic E-state index is 12.6. The van der Waals surface area contributed by atoms with E-state index in [-0.39, 0.29) is 16.6 Å². The molecule has 0 saturated carbocycles. The molecule has 8 nitrogen and oxygen atoms in total. The summed E-state index contributed by atoms with van der Waals surface area (Å²) in [5, 5.41) is 16.0. The van der Waals surface area contributed by atoms with Crippen LogP contribution in [0.4, 0.5) is 10.8 Å². The van der Waals surface area contributed by atoms with Gasteiger partial charge in [0.15, 0.2) is 5.13 Å². The summed E-state index contributed by atoms with van der Waals surface area (Å²) in [6, 6.07) is 10.9. The van der Waals surface area contributed by atoms with Crippen molar-refractivity contribution < 1.29 is 22.5 Å². The highest BCUT2D eigenvalue weighted by Crippen LogP contribution is 2.30. The number of amides is 1. The highest BCUT2D eigenvalue weighted by molar-refractivity contribution is 7.87. The second-order valence-electron chi connectivity index (χ2n) is 7.67. The molecule has 0 aliphatic carbocycles. The summed E-state index contributed by atoms with van der Waals surface area (Å²) in [6.45, 7) is 5.59. The molecule has 3 aromatic rings. The third-order valence-corrected chi connectivity index (χ3v) is 6.35. The summed E-state index contributed by atoms with van der Waals surface area (Å²) in [5.74, 6) is 0.0490. The highest BCUT2D eigenvalue weighted by Gasteiger charge is 2.18. The molecular formula is C21H25N3O5S2. The van der Waals surface area contributed by atoms with Gasteiger partial charge in [-0.3, -0.25) is 4.79 Å². The van der Waals surface area contributed by atoms with Gasteiger partial charge in [-0.2, -0.15) is 8.42 Å². The van der Waals surface area contributed by atoms with Crippen LogP contribution < -0.4 is 14.8 Å². The van der Waals surface area contributed by atoms with Crippen molar-refractivity contribution in [3.8, 4) is 5.75 Å². The Morgan fingerprint density at radius 2 is 1.90 bits per heavy atom. The van der Waals surface area contributed by atoms with Gasteiger partial charge in [0.25, 0.3) is 0 Å². The van der Waals surface area contributed by atoms with E-state index in [1.165, 1.54) is 29.5 Å². The van der Waals surface area contributed by atoms with E-state index < -0.39 is 15.7 Å². The van der Waals surface area contributed by atoms with E-state index in [9.17, 15) is 18.3 Å². The van der Waals surface area contributed by atoms with Gasteiger partial charge in [-0.1, -0.05) is 18.3 Å². The molecule has 0 fully saturated rings. The third-order valence-electron chi connectivity index (χ3n) is 4.16. The van der Waals surface area contributed by atoms with Crippen LogP contribution in [-0.4, -0.2) is 36.6 Å². The van der Waals surface area contributed by atoms with Crippen LogP contribution in [-0.2, 0) is 14.9 Å². The van der Waals surface area contributed by atoms with E-state index >= 15 is 0 Å². The second kappa shape index (κ2) is 9.21. The van der Waals surface area contributed by atoms with E-state index in [2.05, 4.69) is 15.6 Å². The molecule has 1 heterocycles. The summed E-state index contributed by atoms with van der Waals surface area (Å²) in [4.78, 5) is 16.1. The van der Waals surface area contributed by atoms with Gasteiger partial charge in [0.2, 0.25) is 5.91 Å². The largest absolute Gasteiger partial charge is 0.389 e. The third kappa shape index (κ3) is 6.39. The number of rotatable bonds is 9. The number of thiazole rings is 1. The number of carbonyl (C=O) groups is 1. The predicted molar refractivity (Wildman–Crippen MR) is 122 cm³/mol. The molecule has 3 N–H and O–H groups in total. The average Bonchev–Trinajstić information content (AvgIpc) is 3.07. The molecule has 10 heteroatoms. The first-order valence-corrected chi connectivity index (χ1v) is 12.0. The van der Waals surface area contributed by atoms with E-state index in [0.717, 1.165) is 6.42 Å². The SMILES string of the molecule is CCCC(=O)Nc1nc2ccc(OS(=O)(=O)c3ccc(NCC(C)(C)O)cc3)cc2s1. The van der Waals surface area contributed by atoms with Gasteiger partial charge in [0, 0.05) is 24.7 Å². The van der Waals surface area contributed by atoms with Crippen molar-refractivity contribution in [3.63, 3.8) is 0 Å². The monoisotopic (exact) mass is 463 g/mol. The molecule has 0 radical (unpaired) electrons. The molecule has 1 aromatic heterocycles. The van der Waals surface area contributed by atoms with E-state index in [4.69, 9.17) is 4.18 Å². The number of nitrogens with one attached hydrogen (secondary N) is 2. The zero-order valence-electron chi connectivity index (χ0n) is 17.5. The molecule has 0 bridgehead atoms. The van der Waals surface area contributed by atoms with Crippen LogP contribution in [0.2, 0.25) is 0 Å². The van der Waals surface area contributed by atoms with Gasteiger partial charge in [0.05, 0.1) is 15.8 Å². The number of aromatic nitrogens is 1. The van der Waals surface area contributed by atoms with Crippen LogP contribution in [0, 0.1) is 0 Å². The number of nitrogens with zero attached hydrogens (tertiary/aromatic N) is 1. The fourth-order valence-electron chi connectivity index (χ4n) is 2.65. The number of benzene rings is 2. The van der Waals surface area contributed by atoms with Crippen molar-refractivity contribution in [2.45, 2.75) is 44.1 Å². The number of hydrogen-bond donors (Lipinski definition) is 3. The van der Waals surface area contributed by atoms with Gasteiger partial charge in [-0.25, -0.2) is 4.98 Å². The van der Waals surface area contributed by atoms with E-state index in [1.54, 1.807) is 38.1 Å². The van der Waals surface area contributed by atoms with Crippen LogP contribution >= 0.6 is 11.3 Å². The van der Waals surface area contributed by atoms with Crippen molar-refractivity contribution in [1.29, 1.82) is 0 Å². The quantitative estimate of drug-likeness (QED) is 0.411. The van der Waals surface area contributed by atoms with Crippen molar-refractivity contribution in [2.24, 2.45) is 0 Å². The molecule has 0 saturated heterocycles. The first kappa shape index (κ1) is 23.0. The maximum atomic E-state index is 12.6. The normalized spacial score (nSPS) is 12.0. The number of aliphatic hydroxyl groups is 1. The Morgan fingerprint density at radius 1 is 1.19 bits per heavy atom. The van der Waals surface area contributed by atoms with Gasteiger partial charge >= 0.3 is 10.1 Å². The summed E-state index contributed by atoms with van der Waals surface area (Å²) in [5.41, 5.74) is 0.440. The Hall–Kier alpha value is -2.69. The Morgan fingerprint density at radius 3 is 2.55 bits per heavy atom. The zero-order valence-corrected chi connectivity index (χ0v) is 19.1. The molecule has 1 amide bonds. The van der Waals surface area contributed by atoms with E-state index in [1.807, 2.05) is 6.92 Å². The second-order valence-corrected chi connectivity index (χ2v) is 10.3. The molecule has 0 atom stereocenters. The average molecular weight is 464 g/mol. The lowest BCUT2D eigenvalue weighted by molar-refractivity contribution is -0.116. The van der Waals surface area contributed by atoms with E-state index in [0.29, 0.717) is 34.0 Å². The first-order valence-electron chi connectivity index (χ1n) is 9.77. The Balaban J connectivity index is 1.72. The Labute approximate surface area is 185 Å². The smallest absolute Gasteiger partial charge is 0.339 e. The summed E-state index contributed by atoms with van der Waals surface area (Å²) in [7, 11) is -4.02. The first-order chi connectivity index (χ1) is 14.6. The number of fused-ring (bicyclic) bond motifs is 1. The molecule has 0 unspecified atom stereocenters. The van der Waals surface area contributed by atoms with Crippen molar-refractivity contribution in [2.75, 3.05) is 17.2 Å². The lowest BCUT2D eigenvalue weighted by Crippen LogP contribution is -2.29. The molecule has 2 aromatic carbocycles. The molecule has 166 valence electrons. The highest BCUT2D eigenvalue weighted by atomic mass is 32.2. The molecule has 0 aliphatic rings. The molecule has 3 rings (SSSR count). The number of hydrogen-bond acceptors (Lipinski definition) is 8. The Bertz CT molecular complexity index is 1170. The van der Waals surface area contributed by atoms with Gasteiger partial charge < -0.3 is 19.9 Å². The summed E-state index contributed by atoms with van der Waals surface area (Å²) in [6.07, 6.45) is 1.15. The van der Waals surface area contributed by atoms with Crippen LogP contribution in [0.1, 0.15) is 33.6 Å². The van der Waals surface area contributed by atoms with Crippen molar-refractivity contribution >= 4 is 48.4 Å². The minimum Gasteiger partial charge on any atom is -0.389 e. The molecular weight excluding hydrogens is 438 g/mol.